The number of hydrogen-bond acceptors (Lipinski definition) is 6. The first-order valence-electron chi connectivity index (χ1n) is 8.81. The Balaban J connectivity index is 2.78. The summed E-state index contributed by atoms with van der Waals surface area (Å²) < 4.78 is 5.38. The average Bonchev–Trinajstić information content (AvgIpc) is 2.97. The van der Waals surface area contributed by atoms with Crippen molar-refractivity contribution in [3.05, 3.63) is 11.1 Å². The second kappa shape index (κ2) is 9.66. The van der Waals surface area contributed by atoms with Gasteiger partial charge in [0.15, 0.2) is 5.13 Å². The SMILES string of the molecule is CCCCN(CC(=O)c1csc(NC(=O)C(C)C)n1)C(=O)OC(C)(C)C. The number of rotatable bonds is 8. The fourth-order valence-electron chi connectivity index (χ4n) is 1.87. The molecule has 0 atom stereocenters. The van der Waals surface area contributed by atoms with E-state index in [1.54, 1.807) is 40.0 Å². The van der Waals surface area contributed by atoms with Crippen molar-refractivity contribution >= 4 is 34.3 Å². The summed E-state index contributed by atoms with van der Waals surface area (Å²) >= 11 is 1.19. The average molecular weight is 384 g/mol. The van der Waals surface area contributed by atoms with Gasteiger partial charge in [-0.25, -0.2) is 9.78 Å². The molecule has 0 aliphatic carbocycles. The van der Waals surface area contributed by atoms with Crippen molar-refractivity contribution in [2.24, 2.45) is 5.92 Å². The van der Waals surface area contributed by atoms with Crippen molar-refractivity contribution in [1.82, 2.24) is 9.88 Å². The van der Waals surface area contributed by atoms with E-state index >= 15 is 0 Å². The van der Waals surface area contributed by atoms with Gasteiger partial charge in [-0.15, -0.1) is 11.3 Å². The molecule has 8 heteroatoms. The van der Waals surface area contributed by atoms with Crippen LogP contribution in [0.15, 0.2) is 5.38 Å². The van der Waals surface area contributed by atoms with E-state index in [1.165, 1.54) is 16.2 Å². The first kappa shape index (κ1) is 22.1. The summed E-state index contributed by atoms with van der Waals surface area (Å²) in [5.41, 5.74) is -0.390. The number of anilines is 1. The summed E-state index contributed by atoms with van der Waals surface area (Å²) in [6, 6.07) is 0. The number of carbonyl (C=O) groups excluding carboxylic acids is 3. The van der Waals surface area contributed by atoms with Crippen molar-refractivity contribution < 1.29 is 19.1 Å². The van der Waals surface area contributed by atoms with E-state index in [4.69, 9.17) is 4.74 Å². The van der Waals surface area contributed by atoms with Crippen molar-refractivity contribution in [2.45, 2.75) is 60.0 Å². The van der Waals surface area contributed by atoms with Gasteiger partial charge in [0.25, 0.3) is 0 Å². The number of nitrogens with zero attached hydrogens (tertiary/aromatic N) is 2. The van der Waals surface area contributed by atoms with E-state index < -0.39 is 11.7 Å². The second-order valence-electron chi connectivity index (χ2n) is 7.36. The lowest BCUT2D eigenvalue weighted by molar-refractivity contribution is -0.118. The maximum atomic E-state index is 12.5. The van der Waals surface area contributed by atoms with E-state index in [2.05, 4.69) is 10.3 Å². The molecular weight excluding hydrogens is 354 g/mol. The van der Waals surface area contributed by atoms with Crippen LogP contribution in [0.3, 0.4) is 0 Å². The summed E-state index contributed by atoms with van der Waals surface area (Å²) in [5.74, 6) is -0.611. The Labute approximate surface area is 159 Å². The maximum Gasteiger partial charge on any atom is 0.410 e. The zero-order valence-corrected chi connectivity index (χ0v) is 17.2. The molecule has 0 aromatic carbocycles. The molecule has 7 nitrogen and oxygen atoms in total. The van der Waals surface area contributed by atoms with E-state index in [-0.39, 0.29) is 29.8 Å². The zero-order valence-electron chi connectivity index (χ0n) is 16.4. The summed E-state index contributed by atoms with van der Waals surface area (Å²) in [7, 11) is 0. The monoisotopic (exact) mass is 383 g/mol. The smallest absolute Gasteiger partial charge is 0.410 e. The number of unbranched alkanes of at least 4 members (excludes halogenated alkanes) is 1. The molecule has 1 aromatic heterocycles. The van der Waals surface area contributed by atoms with Gasteiger partial charge in [0.2, 0.25) is 11.7 Å². The largest absolute Gasteiger partial charge is 0.444 e. The molecule has 0 saturated heterocycles. The van der Waals surface area contributed by atoms with Crippen LogP contribution in [-0.4, -0.2) is 46.4 Å². The first-order chi connectivity index (χ1) is 12.0. The lowest BCUT2D eigenvalue weighted by Crippen LogP contribution is -2.40. The van der Waals surface area contributed by atoms with Crippen molar-refractivity contribution in [3.63, 3.8) is 0 Å². The predicted molar refractivity (Wildman–Crippen MR) is 103 cm³/mol. The van der Waals surface area contributed by atoms with Gasteiger partial charge in [0.1, 0.15) is 11.3 Å². The molecule has 1 heterocycles. The molecule has 1 N–H and O–H groups in total. The summed E-state index contributed by atoms with van der Waals surface area (Å²) in [5, 5.41) is 4.64. The van der Waals surface area contributed by atoms with E-state index in [0.717, 1.165) is 12.8 Å². The molecule has 0 saturated carbocycles. The van der Waals surface area contributed by atoms with Crippen LogP contribution >= 0.6 is 11.3 Å². The third kappa shape index (κ3) is 7.51. The Kier molecular flexibility index (Phi) is 8.20. The van der Waals surface area contributed by atoms with Crippen LogP contribution in [0.25, 0.3) is 0 Å². The molecule has 26 heavy (non-hydrogen) atoms. The molecule has 0 radical (unpaired) electrons. The minimum Gasteiger partial charge on any atom is -0.444 e. The van der Waals surface area contributed by atoms with Crippen LogP contribution < -0.4 is 5.32 Å². The Morgan fingerprint density at radius 3 is 2.50 bits per heavy atom. The number of aromatic nitrogens is 1. The topological polar surface area (TPSA) is 88.6 Å². The fraction of sp³-hybridized carbons (Fsp3) is 0.667. The van der Waals surface area contributed by atoms with Crippen molar-refractivity contribution in [1.29, 1.82) is 0 Å². The number of ether oxygens (including phenoxy) is 1. The van der Waals surface area contributed by atoms with Crippen molar-refractivity contribution in [3.8, 4) is 0 Å². The van der Waals surface area contributed by atoms with E-state index in [0.29, 0.717) is 11.7 Å². The molecule has 0 unspecified atom stereocenters. The van der Waals surface area contributed by atoms with Gasteiger partial charge in [0.05, 0.1) is 6.54 Å². The highest BCUT2D eigenvalue weighted by Gasteiger charge is 2.25. The molecule has 0 aliphatic heterocycles. The van der Waals surface area contributed by atoms with Crippen LogP contribution in [-0.2, 0) is 9.53 Å². The molecule has 0 spiro atoms. The van der Waals surface area contributed by atoms with Gasteiger partial charge >= 0.3 is 6.09 Å². The highest BCUT2D eigenvalue weighted by atomic mass is 32.1. The third-order valence-electron chi connectivity index (χ3n) is 3.31. The Morgan fingerprint density at radius 1 is 1.31 bits per heavy atom. The van der Waals surface area contributed by atoms with Gasteiger partial charge in [-0.1, -0.05) is 27.2 Å². The van der Waals surface area contributed by atoms with Crippen LogP contribution in [0.1, 0.15) is 64.9 Å². The number of Topliss-reactive ketones (excluding diaryl/α,β-unsaturated/α-hetero) is 1. The third-order valence-corrected chi connectivity index (χ3v) is 4.07. The highest BCUT2D eigenvalue weighted by Crippen LogP contribution is 2.18. The zero-order chi connectivity index (χ0) is 19.9. The number of hydrogen-bond donors (Lipinski definition) is 1. The molecule has 2 amide bonds. The molecule has 0 bridgehead atoms. The Hall–Kier alpha value is -1.96. The maximum absolute atomic E-state index is 12.5. The van der Waals surface area contributed by atoms with Crippen molar-refractivity contribution in [2.75, 3.05) is 18.4 Å². The lowest BCUT2D eigenvalue weighted by Gasteiger charge is -2.26. The van der Waals surface area contributed by atoms with Crippen LogP contribution in [0.4, 0.5) is 9.93 Å². The molecule has 146 valence electrons. The normalized spacial score (nSPS) is 11.3. The predicted octanol–water partition coefficient (Wildman–Crippen LogP) is 3.96. The minimum absolute atomic E-state index is 0.101. The van der Waals surface area contributed by atoms with Gasteiger partial charge in [-0.2, -0.15) is 0 Å². The quantitative estimate of drug-likeness (QED) is 0.687. The standard InChI is InChI=1S/C18H29N3O4S/c1-7-8-9-21(17(24)25-18(4,5)6)10-14(22)13-11-26-16(19-13)20-15(23)12(2)3/h11-12H,7-10H2,1-6H3,(H,19,20,23). The first-order valence-corrected chi connectivity index (χ1v) is 9.69. The van der Waals surface area contributed by atoms with Crippen LogP contribution in [0.5, 0.6) is 0 Å². The number of ketones is 1. The van der Waals surface area contributed by atoms with Gasteiger partial charge in [-0.05, 0) is 27.2 Å². The van der Waals surface area contributed by atoms with Crippen LogP contribution in [0.2, 0.25) is 0 Å². The minimum atomic E-state index is -0.625. The summed E-state index contributed by atoms with van der Waals surface area (Å²) in [6.07, 6.45) is 1.16. The second-order valence-corrected chi connectivity index (χ2v) is 8.22. The number of carbonyl (C=O) groups is 3. The summed E-state index contributed by atoms with van der Waals surface area (Å²) in [6.45, 7) is 11.3. The van der Waals surface area contributed by atoms with Crippen LogP contribution in [0, 0.1) is 5.92 Å². The number of thiazole rings is 1. The van der Waals surface area contributed by atoms with Gasteiger partial charge < -0.3 is 15.0 Å². The molecular formula is C18H29N3O4S. The Morgan fingerprint density at radius 2 is 1.96 bits per heavy atom. The summed E-state index contributed by atoms with van der Waals surface area (Å²) in [4.78, 5) is 42.1. The Bertz CT molecular complexity index is 635. The van der Waals surface area contributed by atoms with Gasteiger partial charge in [0, 0.05) is 17.8 Å². The lowest BCUT2D eigenvalue weighted by atomic mass is 10.2. The van der Waals surface area contributed by atoms with Gasteiger partial charge in [-0.3, -0.25) is 9.59 Å². The van der Waals surface area contributed by atoms with E-state index in [9.17, 15) is 14.4 Å². The molecule has 0 fully saturated rings. The number of amides is 2. The van der Waals surface area contributed by atoms with E-state index in [1.807, 2.05) is 6.92 Å². The molecule has 1 rings (SSSR count). The highest BCUT2D eigenvalue weighted by molar-refractivity contribution is 7.14. The molecule has 0 aliphatic rings. The molecule has 1 aromatic rings. The number of nitrogens with one attached hydrogen (secondary N) is 1. The fourth-order valence-corrected chi connectivity index (χ4v) is 2.59.